The van der Waals surface area contributed by atoms with E-state index in [1.165, 1.54) is 11.3 Å². The molecule has 0 bridgehead atoms. The van der Waals surface area contributed by atoms with E-state index in [1.807, 2.05) is 30.3 Å². The molecule has 0 fully saturated rings. The van der Waals surface area contributed by atoms with Crippen LogP contribution in [0.25, 0.3) is 10.2 Å². The van der Waals surface area contributed by atoms with E-state index in [1.54, 1.807) is 12.3 Å². The number of carbonyl (C=O) groups excluding carboxylic acids is 1. The van der Waals surface area contributed by atoms with Gasteiger partial charge in [-0.25, -0.2) is 4.98 Å². The number of rotatable bonds is 3. The number of nitrogen functional groups attached to an aromatic ring is 1. The molecule has 0 aliphatic rings. The fourth-order valence-corrected chi connectivity index (χ4v) is 2.99. The molecule has 0 aliphatic heterocycles. The van der Waals surface area contributed by atoms with Gasteiger partial charge < -0.3 is 16.8 Å². The number of anilines is 3. The third-order valence-corrected chi connectivity index (χ3v) is 4.00. The van der Waals surface area contributed by atoms with Crippen molar-refractivity contribution in [2.45, 2.75) is 0 Å². The van der Waals surface area contributed by atoms with Gasteiger partial charge in [-0.05, 0) is 18.2 Å². The molecule has 0 saturated heterocycles. The minimum Gasteiger partial charge on any atom is -0.398 e. The lowest BCUT2D eigenvalue weighted by Crippen LogP contribution is -2.10. The van der Waals surface area contributed by atoms with Gasteiger partial charge in [-0.2, -0.15) is 0 Å². The molecule has 100 valence electrons. The minimum atomic E-state index is -0.495. The molecule has 2 heterocycles. The largest absolute Gasteiger partial charge is 0.398 e. The highest BCUT2D eigenvalue weighted by molar-refractivity contribution is 7.21. The summed E-state index contributed by atoms with van der Waals surface area (Å²) in [5.41, 5.74) is 13.5. The topological polar surface area (TPSA) is 94.0 Å². The lowest BCUT2D eigenvalue weighted by atomic mass is 10.2. The number of aromatic nitrogens is 1. The zero-order chi connectivity index (χ0) is 14.1. The molecule has 0 saturated carbocycles. The summed E-state index contributed by atoms with van der Waals surface area (Å²) in [5.74, 6) is -0.495. The van der Waals surface area contributed by atoms with Crippen molar-refractivity contribution in [1.82, 2.24) is 4.98 Å². The van der Waals surface area contributed by atoms with Gasteiger partial charge in [0, 0.05) is 17.6 Å². The molecule has 3 aromatic rings. The molecule has 2 aromatic heterocycles. The Kier molecular flexibility index (Phi) is 3.00. The Morgan fingerprint density at radius 2 is 1.95 bits per heavy atom. The number of para-hydroxylation sites is 1. The molecule has 0 atom stereocenters. The van der Waals surface area contributed by atoms with Crippen molar-refractivity contribution in [2.24, 2.45) is 5.73 Å². The Morgan fingerprint density at radius 3 is 2.65 bits per heavy atom. The molecule has 1 aromatic carbocycles. The zero-order valence-electron chi connectivity index (χ0n) is 10.5. The number of thiophene rings is 1. The quantitative estimate of drug-likeness (QED) is 0.689. The average molecular weight is 284 g/mol. The van der Waals surface area contributed by atoms with E-state index in [0.717, 1.165) is 11.1 Å². The molecule has 0 aliphatic carbocycles. The highest BCUT2D eigenvalue weighted by Gasteiger charge is 2.19. The van der Waals surface area contributed by atoms with Crippen LogP contribution in [0.3, 0.4) is 0 Å². The number of carbonyl (C=O) groups is 1. The Labute approximate surface area is 119 Å². The van der Waals surface area contributed by atoms with Gasteiger partial charge >= 0.3 is 0 Å². The number of benzene rings is 1. The molecular weight excluding hydrogens is 272 g/mol. The first-order valence-electron chi connectivity index (χ1n) is 5.95. The second-order valence-corrected chi connectivity index (χ2v) is 5.24. The average Bonchev–Trinajstić information content (AvgIpc) is 2.80. The van der Waals surface area contributed by atoms with Crippen molar-refractivity contribution in [3.63, 3.8) is 0 Å². The smallest absolute Gasteiger partial charge is 0.261 e. The molecular formula is C14H12N4OS. The maximum Gasteiger partial charge on any atom is 0.261 e. The molecule has 0 radical (unpaired) electrons. The molecule has 6 heteroatoms. The summed E-state index contributed by atoms with van der Waals surface area (Å²) in [4.78, 5) is 17.0. The van der Waals surface area contributed by atoms with E-state index in [2.05, 4.69) is 10.3 Å². The van der Waals surface area contributed by atoms with Crippen LogP contribution in [0.4, 0.5) is 17.1 Å². The first-order valence-corrected chi connectivity index (χ1v) is 6.77. The maximum atomic E-state index is 11.6. The van der Waals surface area contributed by atoms with Crippen molar-refractivity contribution in [3.05, 3.63) is 47.5 Å². The normalized spacial score (nSPS) is 10.6. The van der Waals surface area contributed by atoms with Gasteiger partial charge in [0.15, 0.2) is 0 Å². The number of hydrogen-bond donors (Lipinski definition) is 3. The molecule has 20 heavy (non-hydrogen) atoms. The van der Waals surface area contributed by atoms with E-state index < -0.39 is 5.91 Å². The number of hydrogen-bond acceptors (Lipinski definition) is 5. The predicted molar refractivity (Wildman–Crippen MR) is 82.3 cm³/mol. The van der Waals surface area contributed by atoms with Gasteiger partial charge in [0.05, 0.1) is 11.1 Å². The van der Waals surface area contributed by atoms with Crippen molar-refractivity contribution in [1.29, 1.82) is 0 Å². The zero-order valence-corrected chi connectivity index (χ0v) is 11.3. The molecule has 1 amide bonds. The number of nitrogens with zero attached hydrogens (tertiary/aromatic N) is 1. The summed E-state index contributed by atoms with van der Waals surface area (Å²) >= 11 is 1.24. The Balaban J connectivity index is 2.21. The Hall–Kier alpha value is -2.60. The van der Waals surface area contributed by atoms with Crippen LogP contribution in [0.2, 0.25) is 0 Å². The number of nitrogens with one attached hydrogen (secondary N) is 1. The fourth-order valence-electron chi connectivity index (χ4n) is 2.01. The minimum absolute atomic E-state index is 0.425. The lowest BCUT2D eigenvalue weighted by Gasteiger charge is -2.07. The maximum absolute atomic E-state index is 11.6. The van der Waals surface area contributed by atoms with Crippen molar-refractivity contribution < 1.29 is 4.79 Å². The molecule has 0 spiro atoms. The van der Waals surface area contributed by atoms with Crippen LogP contribution >= 0.6 is 11.3 Å². The number of fused-ring (bicyclic) bond motifs is 1. The van der Waals surface area contributed by atoms with Gasteiger partial charge in [0.1, 0.15) is 9.71 Å². The molecule has 0 unspecified atom stereocenters. The molecule has 5 N–H and O–H groups in total. The van der Waals surface area contributed by atoms with Crippen LogP contribution < -0.4 is 16.8 Å². The highest BCUT2D eigenvalue weighted by atomic mass is 32.1. The summed E-state index contributed by atoms with van der Waals surface area (Å²) in [6.07, 6.45) is 1.62. The fraction of sp³-hybridized carbons (Fsp3) is 0. The third kappa shape index (κ3) is 2.06. The van der Waals surface area contributed by atoms with Gasteiger partial charge in [0.25, 0.3) is 5.91 Å². The SMILES string of the molecule is NC(=O)c1sc2nccc(N)c2c1Nc1ccccc1. The third-order valence-electron chi connectivity index (χ3n) is 2.89. The molecule has 5 nitrogen and oxygen atoms in total. The summed E-state index contributed by atoms with van der Waals surface area (Å²) in [5, 5.41) is 3.94. The van der Waals surface area contributed by atoms with E-state index in [4.69, 9.17) is 11.5 Å². The Bertz CT molecular complexity index is 782. The highest BCUT2D eigenvalue weighted by Crippen LogP contribution is 2.39. The second-order valence-electron chi connectivity index (χ2n) is 4.24. The second kappa shape index (κ2) is 4.82. The number of amides is 1. The number of nitrogens with two attached hydrogens (primary N) is 2. The number of primary amides is 1. The first-order chi connectivity index (χ1) is 9.66. The van der Waals surface area contributed by atoms with Gasteiger partial charge in [-0.15, -0.1) is 11.3 Å². The summed E-state index contributed by atoms with van der Waals surface area (Å²) < 4.78 is 0. The van der Waals surface area contributed by atoms with E-state index in [9.17, 15) is 4.79 Å². The summed E-state index contributed by atoms with van der Waals surface area (Å²) in [6.45, 7) is 0. The van der Waals surface area contributed by atoms with Gasteiger partial charge in [-0.1, -0.05) is 18.2 Å². The van der Waals surface area contributed by atoms with Crippen LogP contribution in [-0.2, 0) is 0 Å². The van der Waals surface area contributed by atoms with Crippen LogP contribution in [0.5, 0.6) is 0 Å². The first kappa shape index (κ1) is 12.4. The van der Waals surface area contributed by atoms with Crippen LogP contribution in [0.1, 0.15) is 9.67 Å². The lowest BCUT2D eigenvalue weighted by molar-refractivity contribution is 0.100. The summed E-state index contributed by atoms with van der Waals surface area (Å²) in [6, 6.07) is 11.2. The standard InChI is InChI=1S/C14H12N4OS/c15-9-6-7-17-14-10(9)11(12(20-14)13(16)19)18-8-4-2-1-3-5-8/h1-7,18H,(H2,15,17)(H2,16,19). The van der Waals surface area contributed by atoms with Crippen molar-refractivity contribution in [3.8, 4) is 0 Å². The van der Waals surface area contributed by atoms with Crippen molar-refractivity contribution in [2.75, 3.05) is 11.1 Å². The van der Waals surface area contributed by atoms with Crippen LogP contribution in [-0.4, -0.2) is 10.9 Å². The Morgan fingerprint density at radius 1 is 1.20 bits per heavy atom. The van der Waals surface area contributed by atoms with E-state index in [0.29, 0.717) is 21.1 Å². The number of pyridine rings is 1. The monoisotopic (exact) mass is 284 g/mol. The van der Waals surface area contributed by atoms with Crippen molar-refractivity contribution >= 4 is 44.5 Å². The van der Waals surface area contributed by atoms with E-state index >= 15 is 0 Å². The van der Waals surface area contributed by atoms with E-state index in [-0.39, 0.29) is 0 Å². The van der Waals surface area contributed by atoms with Gasteiger partial charge in [0.2, 0.25) is 0 Å². The van der Waals surface area contributed by atoms with Crippen LogP contribution in [0.15, 0.2) is 42.6 Å². The molecule has 3 rings (SSSR count). The van der Waals surface area contributed by atoms with Gasteiger partial charge in [-0.3, -0.25) is 4.79 Å². The summed E-state index contributed by atoms with van der Waals surface area (Å²) in [7, 11) is 0. The predicted octanol–water partition coefficient (Wildman–Crippen LogP) is 2.72. The van der Waals surface area contributed by atoms with Crippen LogP contribution in [0, 0.1) is 0 Å².